The van der Waals surface area contributed by atoms with E-state index in [2.05, 4.69) is 23.2 Å². The molecule has 0 saturated carbocycles. The van der Waals surface area contributed by atoms with E-state index in [1.807, 2.05) is 42.6 Å². The zero-order valence-corrected chi connectivity index (χ0v) is 10.1. The molecule has 0 bridgehead atoms. The van der Waals surface area contributed by atoms with Crippen LogP contribution in [0.15, 0.2) is 60.8 Å². The number of fused-ring (bicyclic) bond motifs is 1. The van der Waals surface area contributed by atoms with Gasteiger partial charge in [-0.3, -0.25) is 4.98 Å². The summed E-state index contributed by atoms with van der Waals surface area (Å²) in [6.07, 6.45) is 1.81. The van der Waals surface area contributed by atoms with Gasteiger partial charge < -0.3 is 4.74 Å². The van der Waals surface area contributed by atoms with Gasteiger partial charge in [0.15, 0.2) is 0 Å². The molecule has 2 nitrogen and oxygen atoms in total. The first-order valence-corrected chi connectivity index (χ1v) is 5.87. The third-order valence-electron chi connectivity index (χ3n) is 3.04. The van der Waals surface area contributed by atoms with Crippen LogP contribution in [-0.4, -0.2) is 12.1 Å². The lowest BCUT2D eigenvalue weighted by Crippen LogP contribution is -1.88. The van der Waals surface area contributed by atoms with Gasteiger partial charge in [0.2, 0.25) is 0 Å². The Bertz CT molecular complexity index is 677. The molecule has 1 heterocycles. The van der Waals surface area contributed by atoms with Crippen LogP contribution in [0.2, 0.25) is 0 Å². The van der Waals surface area contributed by atoms with Crippen molar-refractivity contribution in [3.63, 3.8) is 0 Å². The number of ether oxygens (including phenoxy) is 1. The smallest absolute Gasteiger partial charge is 0.126 e. The van der Waals surface area contributed by atoms with E-state index in [0.29, 0.717) is 0 Å². The van der Waals surface area contributed by atoms with Crippen molar-refractivity contribution in [3.05, 3.63) is 60.8 Å². The molecule has 3 aromatic rings. The van der Waals surface area contributed by atoms with Crippen LogP contribution in [0.5, 0.6) is 5.75 Å². The second-order valence-electron chi connectivity index (χ2n) is 4.08. The van der Waals surface area contributed by atoms with E-state index in [4.69, 9.17) is 4.74 Å². The van der Waals surface area contributed by atoms with E-state index in [-0.39, 0.29) is 0 Å². The van der Waals surface area contributed by atoms with E-state index in [9.17, 15) is 0 Å². The molecule has 0 aliphatic carbocycles. The standard InChI is InChI=1S/C16H13NO/c1-18-16-10-9-13(15-8-4-5-11-17-15)12-6-2-3-7-14(12)16/h2-11H,1H3. The monoisotopic (exact) mass is 235 g/mol. The molecule has 2 heteroatoms. The third kappa shape index (κ3) is 1.72. The summed E-state index contributed by atoms with van der Waals surface area (Å²) in [5, 5.41) is 2.28. The Hall–Kier alpha value is -2.35. The maximum atomic E-state index is 5.40. The fraction of sp³-hybridized carbons (Fsp3) is 0.0625. The predicted molar refractivity (Wildman–Crippen MR) is 73.7 cm³/mol. The van der Waals surface area contributed by atoms with E-state index in [1.165, 1.54) is 0 Å². The SMILES string of the molecule is COc1ccc(-c2ccccn2)c2ccccc12. The van der Waals surface area contributed by atoms with E-state index in [0.717, 1.165) is 27.8 Å². The van der Waals surface area contributed by atoms with Crippen LogP contribution in [-0.2, 0) is 0 Å². The molecule has 0 unspecified atom stereocenters. The summed E-state index contributed by atoms with van der Waals surface area (Å²) in [4.78, 5) is 4.41. The molecule has 0 atom stereocenters. The Kier molecular flexibility index (Phi) is 2.69. The second-order valence-corrected chi connectivity index (χ2v) is 4.08. The summed E-state index contributed by atoms with van der Waals surface area (Å²) >= 11 is 0. The number of methoxy groups -OCH3 is 1. The predicted octanol–water partition coefficient (Wildman–Crippen LogP) is 3.91. The molecule has 2 aromatic carbocycles. The van der Waals surface area contributed by atoms with Crippen LogP contribution in [0.4, 0.5) is 0 Å². The summed E-state index contributed by atoms with van der Waals surface area (Å²) in [6, 6.07) is 18.2. The minimum absolute atomic E-state index is 0.894. The van der Waals surface area contributed by atoms with Gasteiger partial charge in [-0.2, -0.15) is 0 Å². The number of nitrogens with zero attached hydrogens (tertiary/aromatic N) is 1. The molecule has 3 rings (SSSR count). The number of rotatable bonds is 2. The van der Waals surface area contributed by atoms with Crippen molar-refractivity contribution < 1.29 is 4.74 Å². The number of pyridine rings is 1. The number of hydrogen-bond donors (Lipinski definition) is 0. The van der Waals surface area contributed by atoms with Crippen molar-refractivity contribution in [2.45, 2.75) is 0 Å². The highest BCUT2D eigenvalue weighted by Gasteiger charge is 2.07. The van der Waals surface area contributed by atoms with Crippen molar-refractivity contribution in [2.75, 3.05) is 7.11 Å². The molecule has 0 N–H and O–H groups in total. The van der Waals surface area contributed by atoms with Crippen molar-refractivity contribution in [2.24, 2.45) is 0 Å². The van der Waals surface area contributed by atoms with Crippen LogP contribution in [0.1, 0.15) is 0 Å². The first-order valence-electron chi connectivity index (χ1n) is 5.87. The molecular formula is C16H13NO. The van der Waals surface area contributed by atoms with E-state index >= 15 is 0 Å². The summed E-state index contributed by atoms with van der Waals surface area (Å²) in [6.45, 7) is 0. The first-order chi connectivity index (χ1) is 8.90. The van der Waals surface area contributed by atoms with Crippen molar-refractivity contribution >= 4 is 10.8 Å². The van der Waals surface area contributed by atoms with Crippen LogP contribution >= 0.6 is 0 Å². The molecule has 0 saturated heterocycles. The minimum Gasteiger partial charge on any atom is -0.496 e. The van der Waals surface area contributed by atoms with Crippen LogP contribution in [0.3, 0.4) is 0 Å². The molecule has 88 valence electrons. The van der Waals surface area contributed by atoms with Gasteiger partial charge in [-0.05, 0) is 29.7 Å². The molecule has 18 heavy (non-hydrogen) atoms. The topological polar surface area (TPSA) is 22.1 Å². The number of benzene rings is 2. The molecule has 0 amide bonds. The second kappa shape index (κ2) is 4.49. The van der Waals surface area contributed by atoms with Gasteiger partial charge in [0.25, 0.3) is 0 Å². The molecule has 0 aliphatic rings. The Morgan fingerprint density at radius 2 is 1.61 bits per heavy atom. The quantitative estimate of drug-likeness (QED) is 0.671. The summed E-state index contributed by atoms with van der Waals surface area (Å²) in [5.74, 6) is 0.894. The molecule has 0 aliphatic heterocycles. The number of aromatic nitrogens is 1. The highest BCUT2D eigenvalue weighted by atomic mass is 16.5. The third-order valence-corrected chi connectivity index (χ3v) is 3.04. The molecule has 0 radical (unpaired) electrons. The highest BCUT2D eigenvalue weighted by Crippen LogP contribution is 2.33. The van der Waals surface area contributed by atoms with Gasteiger partial charge >= 0.3 is 0 Å². The van der Waals surface area contributed by atoms with Gasteiger partial charge in [-0.15, -0.1) is 0 Å². The van der Waals surface area contributed by atoms with Gasteiger partial charge in [0.1, 0.15) is 5.75 Å². The maximum absolute atomic E-state index is 5.40. The average Bonchev–Trinajstić information content (AvgIpc) is 2.47. The molecule has 0 spiro atoms. The fourth-order valence-corrected chi connectivity index (χ4v) is 2.19. The zero-order chi connectivity index (χ0) is 12.4. The first kappa shape index (κ1) is 10.8. The van der Waals surface area contributed by atoms with Crippen LogP contribution in [0.25, 0.3) is 22.0 Å². The summed E-state index contributed by atoms with van der Waals surface area (Å²) in [5.41, 5.74) is 2.11. The van der Waals surface area contributed by atoms with Crippen molar-refractivity contribution in [3.8, 4) is 17.0 Å². The van der Waals surface area contributed by atoms with Crippen LogP contribution in [0, 0.1) is 0 Å². The largest absolute Gasteiger partial charge is 0.496 e. The fourth-order valence-electron chi connectivity index (χ4n) is 2.19. The Morgan fingerprint density at radius 3 is 2.33 bits per heavy atom. The Balaban J connectivity index is 2.32. The molecule has 1 aromatic heterocycles. The minimum atomic E-state index is 0.894. The van der Waals surface area contributed by atoms with Crippen LogP contribution < -0.4 is 4.74 Å². The normalized spacial score (nSPS) is 10.5. The van der Waals surface area contributed by atoms with Crippen molar-refractivity contribution in [1.29, 1.82) is 0 Å². The highest BCUT2D eigenvalue weighted by molar-refractivity contribution is 5.99. The van der Waals surface area contributed by atoms with Gasteiger partial charge in [-0.25, -0.2) is 0 Å². The van der Waals surface area contributed by atoms with E-state index < -0.39 is 0 Å². The average molecular weight is 235 g/mol. The summed E-state index contributed by atoms with van der Waals surface area (Å²) < 4.78 is 5.40. The van der Waals surface area contributed by atoms with E-state index in [1.54, 1.807) is 7.11 Å². The zero-order valence-electron chi connectivity index (χ0n) is 10.1. The number of hydrogen-bond acceptors (Lipinski definition) is 2. The Labute approximate surface area is 106 Å². The maximum Gasteiger partial charge on any atom is 0.126 e. The van der Waals surface area contributed by atoms with Gasteiger partial charge in [0.05, 0.1) is 12.8 Å². The van der Waals surface area contributed by atoms with Gasteiger partial charge in [0, 0.05) is 17.1 Å². The Morgan fingerprint density at radius 1 is 0.833 bits per heavy atom. The molecule has 0 fully saturated rings. The van der Waals surface area contributed by atoms with Crippen molar-refractivity contribution in [1.82, 2.24) is 4.98 Å². The lowest BCUT2D eigenvalue weighted by molar-refractivity contribution is 0.420. The summed E-state index contributed by atoms with van der Waals surface area (Å²) in [7, 11) is 1.70. The lowest BCUT2D eigenvalue weighted by Gasteiger charge is -2.09. The van der Waals surface area contributed by atoms with Gasteiger partial charge in [-0.1, -0.05) is 30.3 Å². The molecular weight excluding hydrogens is 222 g/mol. The lowest BCUT2D eigenvalue weighted by atomic mass is 10.0.